The maximum atomic E-state index is 5.69. The van der Waals surface area contributed by atoms with Crippen LogP contribution >= 0.6 is 0 Å². The lowest BCUT2D eigenvalue weighted by atomic mass is 9.93. The van der Waals surface area contributed by atoms with Gasteiger partial charge >= 0.3 is 0 Å². The average molecular weight is 236 g/mol. The molecule has 90 valence electrons. The van der Waals surface area contributed by atoms with Gasteiger partial charge in [-0.15, -0.1) is 0 Å². The zero-order chi connectivity index (χ0) is 12.4. The number of allylic oxidation sites excluding steroid dienone is 2. The first kappa shape index (κ1) is 11.1. The minimum absolute atomic E-state index is 0.0505. The van der Waals surface area contributed by atoms with Gasteiger partial charge in [0, 0.05) is 5.56 Å². The van der Waals surface area contributed by atoms with Gasteiger partial charge in [-0.25, -0.2) is 0 Å². The molecule has 1 aliphatic rings. The predicted octanol–water partition coefficient (Wildman–Crippen LogP) is 4.54. The molecule has 0 aromatic heterocycles. The number of hydrogen-bond donors (Lipinski definition) is 0. The van der Waals surface area contributed by atoms with Crippen molar-refractivity contribution in [2.24, 2.45) is 0 Å². The number of aryl methyl sites for hydroxylation is 1. The van der Waals surface area contributed by atoms with Gasteiger partial charge in [-0.1, -0.05) is 49.4 Å². The lowest BCUT2D eigenvalue weighted by Gasteiger charge is -2.20. The van der Waals surface area contributed by atoms with Crippen molar-refractivity contribution in [1.82, 2.24) is 0 Å². The van der Waals surface area contributed by atoms with E-state index in [4.69, 9.17) is 4.74 Å². The standard InChI is InChI=1S/C17H16O/c1-2-14-15-8-4-3-7-13(15)10-11-16(14)17-9-5-6-12-18-17/h3-12,17H,2H2,1H3. The first-order valence-electron chi connectivity index (χ1n) is 6.39. The second-order valence-corrected chi connectivity index (χ2v) is 4.48. The summed E-state index contributed by atoms with van der Waals surface area (Å²) in [6, 6.07) is 12.9. The Labute approximate surface area is 107 Å². The van der Waals surface area contributed by atoms with Gasteiger partial charge in [0.1, 0.15) is 6.10 Å². The third-order valence-corrected chi connectivity index (χ3v) is 3.44. The van der Waals surface area contributed by atoms with Gasteiger partial charge in [0.15, 0.2) is 0 Å². The predicted molar refractivity (Wildman–Crippen MR) is 75.4 cm³/mol. The molecule has 1 nitrogen and oxygen atoms in total. The van der Waals surface area contributed by atoms with Crippen LogP contribution in [0.25, 0.3) is 10.8 Å². The highest BCUT2D eigenvalue weighted by atomic mass is 16.5. The van der Waals surface area contributed by atoms with Crippen LogP contribution in [-0.2, 0) is 11.2 Å². The van der Waals surface area contributed by atoms with Gasteiger partial charge in [-0.2, -0.15) is 0 Å². The van der Waals surface area contributed by atoms with E-state index >= 15 is 0 Å². The molecule has 18 heavy (non-hydrogen) atoms. The monoisotopic (exact) mass is 236 g/mol. The Bertz CT molecular complexity index is 623. The molecule has 0 aliphatic carbocycles. The van der Waals surface area contributed by atoms with Gasteiger partial charge < -0.3 is 4.74 Å². The Balaban J connectivity index is 2.17. The van der Waals surface area contributed by atoms with Crippen LogP contribution in [0.1, 0.15) is 24.2 Å². The molecule has 0 saturated heterocycles. The summed E-state index contributed by atoms with van der Waals surface area (Å²) in [6.45, 7) is 2.20. The molecule has 0 N–H and O–H groups in total. The van der Waals surface area contributed by atoms with E-state index in [-0.39, 0.29) is 6.10 Å². The molecule has 3 rings (SSSR count). The molecule has 1 heteroatoms. The Morgan fingerprint density at radius 1 is 1.06 bits per heavy atom. The van der Waals surface area contributed by atoms with Crippen LogP contribution < -0.4 is 0 Å². The molecule has 2 aromatic carbocycles. The van der Waals surface area contributed by atoms with Crippen LogP contribution in [0.4, 0.5) is 0 Å². The first-order valence-corrected chi connectivity index (χ1v) is 6.39. The fourth-order valence-corrected chi connectivity index (χ4v) is 2.58. The summed E-state index contributed by atoms with van der Waals surface area (Å²) >= 11 is 0. The van der Waals surface area contributed by atoms with Crippen LogP contribution in [0, 0.1) is 0 Å². The molecule has 1 aliphatic heterocycles. The molecular formula is C17H16O. The smallest absolute Gasteiger partial charge is 0.142 e. The summed E-state index contributed by atoms with van der Waals surface area (Å²) in [5.74, 6) is 0. The van der Waals surface area contributed by atoms with Gasteiger partial charge in [-0.3, -0.25) is 0 Å². The number of benzene rings is 2. The minimum Gasteiger partial charge on any atom is -0.489 e. The zero-order valence-electron chi connectivity index (χ0n) is 10.5. The Morgan fingerprint density at radius 3 is 2.72 bits per heavy atom. The molecule has 0 spiro atoms. The van der Waals surface area contributed by atoms with Crippen molar-refractivity contribution in [2.75, 3.05) is 0 Å². The SMILES string of the molecule is CCc1c(C2C=CC=CO2)ccc2ccccc12. The van der Waals surface area contributed by atoms with E-state index in [0.717, 1.165) is 6.42 Å². The number of rotatable bonds is 2. The van der Waals surface area contributed by atoms with E-state index in [1.54, 1.807) is 6.26 Å². The van der Waals surface area contributed by atoms with E-state index in [9.17, 15) is 0 Å². The number of hydrogen-bond acceptors (Lipinski definition) is 1. The van der Waals surface area contributed by atoms with Crippen LogP contribution in [0.5, 0.6) is 0 Å². The fraction of sp³-hybridized carbons (Fsp3) is 0.176. The highest BCUT2D eigenvalue weighted by Crippen LogP contribution is 2.31. The highest BCUT2D eigenvalue weighted by Gasteiger charge is 2.15. The normalized spacial score (nSPS) is 17.9. The second kappa shape index (κ2) is 4.69. The zero-order valence-corrected chi connectivity index (χ0v) is 10.5. The maximum Gasteiger partial charge on any atom is 0.142 e. The van der Waals surface area contributed by atoms with Crippen molar-refractivity contribution < 1.29 is 4.74 Å². The molecule has 0 amide bonds. The second-order valence-electron chi connectivity index (χ2n) is 4.48. The lowest BCUT2D eigenvalue weighted by molar-refractivity contribution is 0.185. The molecule has 1 unspecified atom stereocenters. The van der Waals surface area contributed by atoms with Gasteiger partial charge in [0.05, 0.1) is 6.26 Å². The van der Waals surface area contributed by atoms with Crippen molar-refractivity contribution >= 4 is 10.8 Å². The average Bonchev–Trinajstić information content (AvgIpc) is 2.47. The highest BCUT2D eigenvalue weighted by molar-refractivity contribution is 5.87. The van der Waals surface area contributed by atoms with E-state index in [1.807, 2.05) is 12.2 Å². The third-order valence-electron chi connectivity index (χ3n) is 3.44. The molecule has 0 saturated carbocycles. The Hall–Kier alpha value is -2.02. The van der Waals surface area contributed by atoms with Crippen LogP contribution in [0.3, 0.4) is 0 Å². The third kappa shape index (κ3) is 1.82. The van der Waals surface area contributed by atoms with Crippen molar-refractivity contribution in [3.05, 3.63) is 72.0 Å². The summed E-state index contributed by atoms with van der Waals surface area (Å²) in [5.41, 5.74) is 2.66. The summed E-state index contributed by atoms with van der Waals surface area (Å²) in [6.07, 6.45) is 8.90. The van der Waals surface area contributed by atoms with Crippen LogP contribution in [0.15, 0.2) is 60.9 Å². The lowest BCUT2D eigenvalue weighted by Crippen LogP contribution is -2.04. The van der Waals surface area contributed by atoms with Gasteiger partial charge in [-0.05, 0) is 34.9 Å². The molecule has 2 aromatic rings. The molecule has 1 heterocycles. The molecule has 0 radical (unpaired) electrons. The van der Waals surface area contributed by atoms with E-state index in [1.165, 1.54) is 21.9 Å². The molecular weight excluding hydrogens is 220 g/mol. The molecule has 1 atom stereocenters. The number of ether oxygens (including phenoxy) is 1. The first-order chi connectivity index (χ1) is 8.90. The van der Waals surface area contributed by atoms with Crippen molar-refractivity contribution in [3.8, 4) is 0 Å². The van der Waals surface area contributed by atoms with Crippen LogP contribution in [-0.4, -0.2) is 0 Å². The minimum atomic E-state index is 0.0505. The largest absolute Gasteiger partial charge is 0.489 e. The van der Waals surface area contributed by atoms with Crippen molar-refractivity contribution in [2.45, 2.75) is 19.4 Å². The Morgan fingerprint density at radius 2 is 1.94 bits per heavy atom. The van der Waals surface area contributed by atoms with E-state index in [0.29, 0.717) is 0 Å². The van der Waals surface area contributed by atoms with Gasteiger partial charge in [0.25, 0.3) is 0 Å². The number of fused-ring (bicyclic) bond motifs is 1. The summed E-state index contributed by atoms with van der Waals surface area (Å²) in [4.78, 5) is 0. The van der Waals surface area contributed by atoms with E-state index in [2.05, 4.69) is 49.4 Å². The summed E-state index contributed by atoms with van der Waals surface area (Å²) in [7, 11) is 0. The Kier molecular flexibility index (Phi) is 2.89. The van der Waals surface area contributed by atoms with Crippen molar-refractivity contribution in [1.29, 1.82) is 0 Å². The summed E-state index contributed by atoms with van der Waals surface area (Å²) in [5, 5.41) is 2.64. The maximum absolute atomic E-state index is 5.69. The quantitative estimate of drug-likeness (QED) is 0.743. The fourth-order valence-electron chi connectivity index (χ4n) is 2.58. The van der Waals surface area contributed by atoms with Gasteiger partial charge in [0.2, 0.25) is 0 Å². The van der Waals surface area contributed by atoms with Crippen molar-refractivity contribution in [3.63, 3.8) is 0 Å². The molecule has 0 fully saturated rings. The van der Waals surface area contributed by atoms with E-state index < -0.39 is 0 Å². The molecule has 0 bridgehead atoms. The summed E-state index contributed by atoms with van der Waals surface area (Å²) < 4.78 is 5.69. The topological polar surface area (TPSA) is 9.23 Å². The van der Waals surface area contributed by atoms with Crippen LogP contribution in [0.2, 0.25) is 0 Å².